The van der Waals surface area contributed by atoms with E-state index in [1.165, 1.54) is 0 Å². The Kier molecular flexibility index (Phi) is 6.06. The summed E-state index contributed by atoms with van der Waals surface area (Å²) in [6.07, 6.45) is 1.75. The fourth-order valence-electron chi connectivity index (χ4n) is 3.26. The molecule has 1 aliphatic heterocycles. The van der Waals surface area contributed by atoms with Crippen molar-refractivity contribution >= 4 is 39.3 Å². The van der Waals surface area contributed by atoms with Gasteiger partial charge in [0.1, 0.15) is 5.82 Å². The number of anilines is 1. The van der Waals surface area contributed by atoms with Crippen molar-refractivity contribution in [1.29, 1.82) is 0 Å². The minimum absolute atomic E-state index is 0.0534. The third-order valence-electron chi connectivity index (χ3n) is 4.99. The average Bonchev–Trinajstić information content (AvgIpc) is 3.26. The highest BCUT2D eigenvalue weighted by Crippen LogP contribution is 2.24. The smallest absolute Gasteiger partial charge is 0.255 e. The van der Waals surface area contributed by atoms with Crippen molar-refractivity contribution in [1.82, 2.24) is 20.0 Å². The van der Waals surface area contributed by atoms with Gasteiger partial charge < -0.3 is 14.3 Å². The lowest BCUT2D eigenvalue weighted by Crippen LogP contribution is -2.49. The lowest BCUT2D eigenvalue weighted by atomic mass is 10.1. The molecule has 2 aromatic heterocycles. The molecule has 0 bridgehead atoms. The molecule has 1 saturated heterocycles. The van der Waals surface area contributed by atoms with Gasteiger partial charge in [0.15, 0.2) is 0 Å². The first-order valence-corrected chi connectivity index (χ1v) is 10.9. The van der Waals surface area contributed by atoms with Crippen molar-refractivity contribution in [2.24, 2.45) is 0 Å². The van der Waals surface area contributed by atoms with E-state index in [-0.39, 0.29) is 11.8 Å². The molecule has 0 atom stereocenters. The van der Waals surface area contributed by atoms with Crippen LogP contribution in [0.1, 0.15) is 36.0 Å². The molecule has 0 N–H and O–H groups in total. The van der Waals surface area contributed by atoms with Gasteiger partial charge in [-0.2, -0.15) is 4.98 Å². The number of nitrogens with zero attached hydrogens (tertiary/aromatic N) is 5. The van der Waals surface area contributed by atoms with Gasteiger partial charge in [-0.15, -0.1) is 0 Å². The molecular formula is C21H21BrClN5O2. The van der Waals surface area contributed by atoms with Gasteiger partial charge in [-0.3, -0.25) is 4.79 Å². The highest BCUT2D eigenvalue weighted by molar-refractivity contribution is 9.10. The maximum absolute atomic E-state index is 12.8. The normalized spacial score (nSPS) is 14.4. The van der Waals surface area contributed by atoms with Crippen LogP contribution in [0.15, 0.2) is 45.5 Å². The minimum Gasteiger partial charge on any atom is -0.353 e. The number of amides is 1. The number of aromatic nitrogens is 3. The summed E-state index contributed by atoms with van der Waals surface area (Å²) in [5, 5.41) is 4.49. The van der Waals surface area contributed by atoms with Crippen molar-refractivity contribution in [3.63, 3.8) is 0 Å². The second kappa shape index (κ2) is 8.73. The highest BCUT2D eigenvalue weighted by atomic mass is 79.9. The van der Waals surface area contributed by atoms with Crippen LogP contribution < -0.4 is 4.90 Å². The van der Waals surface area contributed by atoms with Gasteiger partial charge in [-0.1, -0.05) is 46.5 Å². The number of carbonyl (C=O) groups excluding carboxylic acids is 1. The van der Waals surface area contributed by atoms with E-state index >= 15 is 0 Å². The van der Waals surface area contributed by atoms with Gasteiger partial charge in [0.05, 0.1) is 10.6 Å². The molecule has 0 radical (unpaired) electrons. The van der Waals surface area contributed by atoms with E-state index in [0.29, 0.717) is 48.5 Å². The van der Waals surface area contributed by atoms with Gasteiger partial charge in [-0.05, 0) is 30.3 Å². The SMILES string of the molecule is CC(C)c1nc(-c2ccc(N3CCN(C(=O)c4cc(Br)ccc4Cl)CC3)nc2)no1. The Hall–Kier alpha value is -2.45. The maximum Gasteiger partial charge on any atom is 0.255 e. The quantitative estimate of drug-likeness (QED) is 0.531. The Labute approximate surface area is 188 Å². The molecule has 1 aliphatic rings. The molecule has 0 unspecified atom stereocenters. The fraction of sp³-hybridized carbons (Fsp3) is 0.333. The van der Waals surface area contributed by atoms with Crippen LogP contribution in [0.5, 0.6) is 0 Å². The Bertz CT molecular complexity index is 1050. The van der Waals surface area contributed by atoms with E-state index in [1.807, 2.05) is 36.9 Å². The minimum atomic E-state index is -0.0534. The number of hydrogen-bond donors (Lipinski definition) is 0. The summed E-state index contributed by atoms with van der Waals surface area (Å²) >= 11 is 9.61. The topological polar surface area (TPSA) is 75.4 Å². The molecular weight excluding hydrogens is 470 g/mol. The third-order valence-corrected chi connectivity index (χ3v) is 5.81. The molecule has 1 fully saturated rings. The number of pyridine rings is 1. The van der Waals surface area contributed by atoms with Crippen molar-refractivity contribution in [2.45, 2.75) is 19.8 Å². The number of piperazine rings is 1. The van der Waals surface area contributed by atoms with Gasteiger partial charge in [0, 0.05) is 48.3 Å². The average molecular weight is 491 g/mol. The largest absolute Gasteiger partial charge is 0.353 e. The van der Waals surface area contributed by atoms with E-state index < -0.39 is 0 Å². The number of benzene rings is 1. The van der Waals surface area contributed by atoms with Gasteiger partial charge in [-0.25, -0.2) is 4.98 Å². The Morgan fingerprint density at radius 2 is 1.93 bits per heavy atom. The summed E-state index contributed by atoms with van der Waals surface area (Å²) in [6.45, 7) is 6.62. The second-order valence-corrected chi connectivity index (χ2v) is 8.74. The zero-order valence-electron chi connectivity index (χ0n) is 16.7. The molecule has 4 rings (SSSR count). The first-order chi connectivity index (χ1) is 14.4. The van der Waals surface area contributed by atoms with E-state index in [2.05, 4.69) is 36.0 Å². The van der Waals surface area contributed by atoms with E-state index in [9.17, 15) is 4.79 Å². The molecule has 1 amide bonds. The lowest BCUT2D eigenvalue weighted by Gasteiger charge is -2.35. The monoisotopic (exact) mass is 489 g/mol. The maximum atomic E-state index is 12.8. The molecule has 3 aromatic rings. The zero-order valence-corrected chi connectivity index (χ0v) is 19.0. The van der Waals surface area contributed by atoms with Crippen molar-refractivity contribution < 1.29 is 9.32 Å². The molecule has 3 heterocycles. The van der Waals surface area contributed by atoms with E-state index in [0.717, 1.165) is 15.9 Å². The number of hydrogen-bond acceptors (Lipinski definition) is 6. The van der Waals surface area contributed by atoms with Crippen LogP contribution in [-0.4, -0.2) is 52.1 Å². The van der Waals surface area contributed by atoms with Crippen LogP contribution >= 0.6 is 27.5 Å². The van der Waals surface area contributed by atoms with Crippen LogP contribution in [0.4, 0.5) is 5.82 Å². The van der Waals surface area contributed by atoms with Crippen molar-refractivity contribution in [3.8, 4) is 11.4 Å². The summed E-state index contributed by atoms with van der Waals surface area (Å²) in [5.74, 6) is 2.14. The number of halogens is 2. The number of rotatable bonds is 4. The van der Waals surface area contributed by atoms with Gasteiger partial charge >= 0.3 is 0 Å². The molecule has 9 heteroatoms. The fourth-order valence-corrected chi connectivity index (χ4v) is 3.82. The second-order valence-electron chi connectivity index (χ2n) is 7.42. The first-order valence-electron chi connectivity index (χ1n) is 9.71. The summed E-state index contributed by atoms with van der Waals surface area (Å²) in [6, 6.07) is 9.21. The molecule has 0 aliphatic carbocycles. The van der Waals surface area contributed by atoms with Crippen LogP contribution in [-0.2, 0) is 0 Å². The van der Waals surface area contributed by atoms with Crippen LogP contribution in [0, 0.1) is 0 Å². The molecule has 0 saturated carbocycles. The predicted octanol–water partition coefficient (Wildman–Crippen LogP) is 4.63. The molecule has 0 spiro atoms. The summed E-state index contributed by atoms with van der Waals surface area (Å²) in [5.41, 5.74) is 1.33. The van der Waals surface area contributed by atoms with Crippen LogP contribution in [0.3, 0.4) is 0 Å². The molecule has 30 heavy (non-hydrogen) atoms. The molecule has 7 nitrogen and oxygen atoms in total. The van der Waals surface area contributed by atoms with Crippen LogP contribution in [0.2, 0.25) is 5.02 Å². The van der Waals surface area contributed by atoms with Gasteiger partial charge in [0.2, 0.25) is 11.7 Å². The first kappa shape index (κ1) is 20.8. The molecule has 156 valence electrons. The Balaban J connectivity index is 1.40. The van der Waals surface area contributed by atoms with Gasteiger partial charge in [0.25, 0.3) is 5.91 Å². The zero-order chi connectivity index (χ0) is 21.3. The number of carbonyl (C=O) groups is 1. The lowest BCUT2D eigenvalue weighted by molar-refractivity contribution is 0.0746. The Morgan fingerprint density at radius 1 is 1.17 bits per heavy atom. The summed E-state index contributed by atoms with van der Waals surface area (Å²) in [7, 11) is 0. The van der Waals surface area contributed by atoms with E-state index in [4.69, 9.17) is 16.1 Å². The summed E-state index contributed by atoms with van der Waals surface area (Å²) < 4.78 is 6.10. The third kappa shape index (κ3) is 4.34. The standard InChI is InChI=1S/C21H21BrClN5O2/c1-13(2)20-25-19(26-30-20)14-3-6-18(24-12-14)27-7-9-28(10-8-27)21(29)16-11-15(22)4-5-17(16)23/h3-6,11-13H,7-10H2,1-2H3. The van der Waals surface area contributed by atoms with E-state index in [1.54, 1.807) is 18.3 Å². The van der Waals surface area contributed by atoms with Crippen molar-refractivity contribution in [3.05, 3.63) is 57.5 Å². The molecule has 1 aromatic carbocycles. The predicted molar refractivity (Wildman–Crippen MR) is 119 cm³/mol. The summed E-state index contributed by atoms with van der Waals surface area (Å²) in [4.78, 5) is 25.8. The van der Waals surface area contributed by atoms with Crippen molar-refractivity contribution in [2.75, 3.05) is 31.1 Å². The Morgan fingerprint density at radius 3 is 2.57 bits per heavy atom. The highest BCUT2D eigenvalue weighted by Gasteiger charge is 2.24. The van der Waals surface area contributed by atoms with Crippen LogP contribution in [0.25, 0.3) is 11.4 Å².